The molecular weight excluding hydrogens is 362 g/mol. The summed E-state index contributed by atoms with van der Waals surface area (Å²) in [4.78, 5) is 39.4. The molecule has 0 aromatic heterocycles. The van der Waals surface area contributed by atoms with Crippen molar-refractivity contribution in [1.29, 1.82) is 0 Å². The molecule has 6 nitrogen and oxygen atoms in total. The van der Waals surface area contributed by atoms with Crippen LogP contribution >= 0.6 is 15.9 Å². The Hall–Kier alpha value is -1.89. The fraction of sp³-hybridized carbons (Fsp3) is 0.438. The van der Waals surface area contributed by atoms with Crippen molar-refractivity contribution < 1.29 is 14.4 Å². The molecule has 2 aliphatic rings. The molecule has 2 aliphatic heterocycles. The Morgan fingerprint density at radius 1 is 1.22 bits per heavy atom. The van der Waals surface area contributed by atoms with Crippen molar-refractivity contribution in [2.75, 3.05) is 14.1 Å². The zero-order valence-electron chi connectivity index (χ0n) is 13.0. The molecule has 2 saturated heterocycles. The molecule has 1 N–H and O–H groups in total. The van der Waals surface area contributed by atoms with E-state index in [0.717, 1.165) is 14.9 Å². The smallest absolute Gasteiger partial charge is 0.327 e. The monoisotopic (exact) mass is 379 g/mol. The van der Waals surface area contributed by atoms with Gasteiger partial charge in [-0.3, -0.25) is 14.5 Å². The Labute approximate surface area is 142 Å². The summed E-state index contributed by atoms with van der Waals surface area (Å²) in [5, 5.41) is 2.84. The van der Waals surface area contributed by atoms with Gasteiger partial charge in [-0.2, -0.15) is 0 Å². The van der Waals surface area contributed by atoms with Gasteiger partial charge in [-0.1, -0.05) is 34.1 Å². The number of benzene rings is 1. The predicted molar refractivity (Wildman–Crippen MR) is 87.3 cm³/mol. The molecule has 1 aromatic rings. The number of halogens is 1. The molecule has 3 unspecified atom stereocenters. The quantitative estimate of drug-likeness (QED) is 0.848. The minimum Gasteiger partial charge on any atom is -0.335 e. The predicted octanol–water partition coefficient (Wildman–Crippen LogP) is 1.59. The summed E-state index contributed by atoms with van der Waals surface area (Å²) < 4.78 is 0.953. The van der Waals surface area contributed by atoms with Gasteiger partial charge < -0.3 is 10.2 Å². The first-order valence-electron chi connectivity index (χ1n) is 7.48. The molecule has 1 aromatic carbocycles. The van der Waals surface area contributed by atoms with Crippen LogP contribution in [0.5, 0.6) is 0 Å². The number of piperidine rings is 1. The molecule has 122 valence electrons. The number of hydrogen-bond donors (Lipinski definition) is 1. The van der Waals surface area contributed by atoms with Crippen LogP contribution in [0.25, 0.3) is 0 Å². The van der Waals surface area contributed by atoms with Gasteiger partial charge in [-0.15, -0.1) is 0 Å². The molecule has 0 spiro atoms. The minimum atomic E-state index is -0.547. The number of nitrogens with one attached hydrogen (secondary N) is 1. The standard InChI is InChI=1S/C16H18BrN3O3/c1-19-13-11(15(22)20(2)16(19)23)8-10(14(21)18-13)7-9-5-3-4-6-12(9)17/h3-6,10-11,13H,7-8H2,1-2H3,(H,18,21). The van der Waals surface area contributed by atoms with Crippen molar-refractivity contribution in [3.05, 3.63) is 34.3 Å². The Morgan fingerprint density at radius 2 is 1.91 bits per heavy atom. The molecule has 0 aliphatic carbocycles. The van der Waals surface area contributed by atoms with Crippen LogP contribution in [0, 0.1) is 11.8 Å². The van der Waals surface area contributed by atoms with Gasteiger partial charge in [0.05, 0.1) is 5.92 Å². The van der Waals surface area contributed by atoms with Crippen molar-refractivity contribution in [3.8, 4) is 0 Å². The average Bonchev–Trinajstić information content (AvgIpc) is 2.54. The lowest BCUT2D eigenvalue weighted by Gasteiger charge is -2.45. The third-order valence-corrected chi connectivity index (χ3v) is 5.43. The lowest BCUT2D eigenvalue weighted by molar-refractivity contribution is -0.145. The molecule has 3 rings (SSSR count). The highest BCUT2D eigenvalue weighted by molar-refractivity contribution is 9.10. The molecule has 7 heteroatoms. The SMILES string of the molecule is CN1C(=O)C2CC(Cc3ccccc3Br)C(=O)NC2N(C)C1=O. The third kappa shape index (κ3) is 2.73. The fourth-order valence-corrected chi connectivity index (χ4v) is 3.76. The number of fused-ring (bicyclic) bond motifs is 1. The van der Waals surface area contributed by atoms with E-state index in [1.807, 2.05) is 24.3 Å². The second kappa shape index (κ2) is 5.96. The van der Waals surface area contributed by atoms with Crippen molar-refractivity contribution in [2.24, 2.45) is 11.8 Å². The zero-order chi connectivity index (χ0) is 16.7. The lowest BCUT2D eigenvalue weighted by atomic mass is 9.82. The van der Waals surface area contributed by atoms with E-state index in [-0.39, 0.29) is 23.8 Å². The summed E-state index contributed by atoms with van der Waals surface area (Å²) in [6.45, 7) is 0. The number of amides is 4. The Balaban J connectivity index is 1.82. The summed E-state index contributed by atoms with van der Waals surface area (Å²) >= 11 is 3.49. The number of urea groups is 1. The van der Waals surface area contributed by atoms with E-state index in [4.69, 9.17) is 0 Å². The van der Waals surface area contributed by atoms with Gasteiger partial charge in [-0.05, 0) is 24.5 Å². The number of imide groups is 1. The number of hydrogen-bond acceptors (Lipinski definition) is 3. The van der Waals surface area contributed by atoms with E-state index in [0.29, 0.717) is 12.8 Å². The Kier molecular flexibility index (Phi) is 4.14. The minimum absolute atomic E-state index is 0.112. The first-order chi connectivity index (χ1) is 10.9. The van der Waals surface area contributed by atoms with E-state index < -0.39 is 12.1 Å². The molecular formula is C16H18BrN3O3. The molecule has 3 atom stereocenters. The van der Waals surface area contributed by atoms with Gasteiger partial charge in [0.25, 0.3) is 0 Å². The van der Waals surface area contributed by atoms with Crippen molar-refractivity contribution in [1.82, 2.24) is 15.1 Å². The Bertz CT molecular complexity index is 678. The maximum absolute atomic E-state index is 12.4. The highest BCUT2D eigenvalue weighted by Crippen LogP contribution is 2.32. The van der Waals surface area contributed by atoms with Crippen LogP contribution in [0.15, 0.2) is 28.7 Å². The van der Waals surface area contributed by atoms with Gasteiger partial charge in [0, 0.05) is 24.5 Å². The van der Waals surface area contributed by atoms with Crippen LogP contribution < -0.4 is 5.32 Å². The highest BCUT2D eigenvalue weighted by Gasteiger charge is 2.48. The number of rotatable bonds is 2. The summed E-state index contributed by atoms with van der Waals surface area (Å²) in [6.07, 6.45) is 0.457. The van der Waals surface area contributed by atoms with Crippen LogP contribution in [-0.2, 0) is 16.0 Å². The largest absolute Gasteiger partial charge is 0.335 e. The molecule has 4 amide bonds. The van der Waals surface area contributed by atoms with Crippen molar-refractivity contribution in [3.63, 3.8) is 0 Å². The van der Waals surface area contributed by atoms with E-state index in [2.05, 4.69) is 21.2 Å². The van der Waals surface area contributed by atoms with Gasteiger partial charge in [0.2, 0.25) is 11.8 Å². The van der Waals surface area contributed by atoms with Crippen LogP contribution in [0.4, 0.5) is 4.79 Å². The number of carbonyl (C=O) groups is 3. The van der Waals surface area contributed by atoms with E-state index >= 15 is 0 Å². The Morgan fingerprint density at radius 3 is 2.61 bits per heavy atom. The van der Waals surface area contributed by atoms with E-state index in [1.165, 1.54) is 11.9 Å². The van der Waals surface area contributed by atoms with Gasteiger partial charge in [0.1, 0.15) is 6.17 Å². The van der Waals surface area contributed by atoms with Crippen molar-refractivity contribution in [2.45, 2.75) is 19.0 Å². The van der Waals surface area contributed by atoms with Gasteiger partial charge in [-0.25, -0.2) is 4.79 Å². The molecule has 2 heterocycles. The summed E-state index contributed by atoms with van der Waals surface area (Å²) in [5.74, 6) is -1.02. The highest BCUT2D eigenvalue weighted by atomic mass is 79.9. The van der Waals surface area contributed by atoms with Gasteiger partial charge >= 0.3 is 6.03 Å². The topological polar surface area (TPSA) is 69.7 Å². The lowest BCUT2D eigenvalue weighted by Crippen LogP contribution is -2.67. The molecule has 23 heavy (non-hydrogen) atoms. The first-order valence-corrected chi connectivity index (χ1v) is 8.27. The van der Waals surface area contributed by atoms with Crippen LogP contribution in [-0.4, -0.2) is 47.9 Å². The number of carbonyl (C=O) groups excluding carboxylic acids is 3. The van der Waals surface area contributed by atoms with E-state index in [9.17, 15) is 14.4 Å². The number of nitrogens with zero attached hydrogens (tertiary/aromatic N) is 2. The molecule has 0 bridgehead atoms. The van der Waals surface area contributed by atoms with Crippen molar-refractivity contribution >= 4 is 33.8 Å². The van der Waals surface area contributed by atoms with Gasteiger partial charge in [0.15, 0.2) is 0 Å². The second-order valence-corrected chi connectivity index (χ2v) is 6.93. The fourth-order valence-electron chi connectivity index (χ4n) is 3.31. The maximum Gasteiger partial charge on any atom is 0.327 e. The molecule has 0 radical (unpaired) electrons. The normalized spacial score (nSPS) is 27.8. The second-order valence-electron chi connectivity index (χ2n) is 6.08. The zero-order valence-corrected chi connectivity index (χ0v) is 14.5. The summed E-state index contributed by atoms with van der Waals surface area (Å²) in [5.41, 5.74) is 1.03. The molecule has 0 saturated carbocycles. The average molecular weight is 380 g/mol. The summed E-state index contributed by atoms with van der Waals surface area (Å²) in [7, 11) is 3.09. The van der Waals surface area contributed by atoms with Crippen LogP contribution in [0.2, 0.25) is 0 Å². The first kappa shape index (κ1) is 16.0. The van der Waals surface area contributed by atoms with E-state index in [1.54, 1.807) is 7.05 Å². The maximum atomic E-state index is 12.4. The van der Waals surface area contributed by atoms with Crippen LogP contribution in [0.1, 0.15) is 12.0 Å². The third-order valence-electron chi connectivity index (χ3n) is 4.66. The molecule has 2 fully saturated rings. The summed E-state index contributed by atoms with van der Waals surface area (Å²) in [6, 6.07) is 7.36. The van der Waals surface area contributed by atoms with Crippen LogP contribution in [0.3, 0.4) is 0 Å².